The molecule has 2 aromatic rings. The van der Waals surface area contributed by atoms with E-state index in [0.29, 0.717) is 11.7 Å². The van der Waals surface area contributed by atoms with Crippen LogP contribution in [0.5, 0.6) is 0 Å². The van der Waals surface area contributed by atoms with E-state index < -0.39 is 9.84 Å². The fourth-order valence-corrected chi connectivity index (χ4v) is 2.85. The van der Waals surface area contributed by atoms with Gasteiger partial charge in [-0.3, -0.25) is 0 Å². The average Bonchev–Trinajstić information content (AvgIpc) is 2.37. The Hall–Kier alpha value is -1.61. The van der Waals surface area contributed by atoms with Gasteiger partial charge in [0.1, 0.15) is 5.25 Å². The standard InChI is InChI=1S/C15H15O2S/c1-18(16,17)15(14-10-6-3-7-11-14)12-13-8-4-2-5-9-13/h2-11H,12H2,1H3. The zero-order chi connectivity index (χ0) is 13.0. The van der Waals surface area contributed by atoms with Crippen LogP contribution in [0.3, 0.4) is 0 Å². The van der Waals surface area contributed by atoms with Crippen molar-refractivity contribution in [2.24, 2.45) is 0 Å². The molecule has 0 heterocycles. The van der Waals surface area contributed by atoms with E-state index in [9.17, 15) is 8.42 Å². The van der Waals surface area contributed by atoms with Crippen LogP contribution in [-0.2, 0) is 16.3 Å². The Labute approximate surface area is 108 Å². The van der Waals surface area contributed by atoms with Crippen LogP contribution in [-0.4, -0.2) is 14.7 Å². The highest BCUT2D eigenvalue weighted by atomic mass is 32.2. The smallest absolute Gasteiger partial charge is 0.159 e. The Morgan fingerprint density at radius 1 is 0.889 bits per heavy atom. The van der Waals surface area contributed by atoms with Gasteiger partial charge in [-0.15, -0.1) is 0 Å². The molecule has 0 aromatic heterocycles. The second kappa shape index (κ2) is 5.36. The van der Waals surface area contributed by atoms with Crippen molar-refractivity contribution in [2.45, 2.75) is 6.42 Å². The van der Waals surface area contributed by atoms with Crippen LogP contribution < -0.4 is 0 Å². The molecular formula is C15H15O2S. The third kappa shape index (κ3) is 3.20. The van der Waals surface area contributed by atoms with Crippen molar-refractivity contribution in [2.75, 3.05) is 6.26 Å². The number of sulfone groups is 1. The first-order chi connectivity index (χ1) is 8.57. The molecule has 1 radical (unpaired) electrons. The highest BCUT2D eigenvalue weighted by Crippen LogP contribution is 2.24. The fourth-order valence-electron chi connectivity index (χ4n) is 1.85. The number of hydrogen-bond donors (Lipinski definition) is 0. The van der Waals surface area contributed by atoms with Gasteiger partial charge in [0, 0.05) is 6.26 Å². The summed E-state index contributed by atoms with van der Waals surface area (Å²) in [6.07, 6.45) is 1.70. The van der Waals surface area contributed by atoms with Gasteiger partial charge in [-0.05, 0) is 17.5 Å². The second-order valence-electron chi connectivity index (χ2n) is 4.22. The van der Waals surface area contributed by atoms with E-state index in [2.05, 4.69) is 0 Å². The Morgan fingerprint density at radius 3 is 1.89 bits per heavy atom. The van der Waals surface area contributed by atoms with Crippen LogP contribution in [0.4, 0.5) is 0 Å². The monoisotopic (exact) mass is 259 g/mol. The van der Waals surface area contributed by atoms with Gasteiger partial charge in [0.05, 0.1) is 0 Å². The number of hydrogen-bond acceptors (Lipinski definition) is 2. The predicted molar refractivity (Wildman–Crippen MR) is 73.8 cm³/mol. The molecule has 2 aromatic carbocycles. The molecule has 0 bridgehead atoms. The summed E-state index contributed by atoms with van der Waals surface area (Å²) in [4.78, 5) is 0. The highest BCUT2D eigenvalue weighted by Gasteiger charge is 2.24. The zero-order valence-corrected chi connectivity index (χ0v) is 11.0. The van der Waals surface area contributed by atoms with Crippen molar-refractivity contribution in [3.63, 3.8) is 0 Å². The minimum atomic E-state index is -3.20. The van der Waals surface area contributed by atoms with E-state index in [4.69, 9.17) is 0 Å². The summed E-state index contributed by atoms with van der Waals surface area (Å²) >= 11 is 0. The van der Waals surface area contributed by atoms with E-state index in [1.165, 1.54) is 6.26 Å². The molecule has 0 N–H and O–H groups in total. The highest BCUT2D eigenvalue weighted by molar-refractivity contribution is 7.93. The van der Waals surface area contributed by atoms with Crippen LogP contribution in [0.2, 0.25) is 0 Å². The van der Waals surface area contributed by atoms with Gasteiger partial charge < -0.3 is 0 Å². The second-order valence-corrected chi connectivity index (χ2v) is 6.26. The summed E-state index contributed by atoms with van der Waals surface area (Å²) in [7, 11) is -3.20. The summed E-state index contributed by atoms with van der Waals surface area (Å²) in [5.41, 5.74) is 1.77. The van der Waals surface area contributed by atoms with Crippen molar-refractivity contribution in [1.82, 2.24) is 0 Å². The Balaban J connectivity index is 2.34. The molecule has 0 aliphatic carbocycles. The van der Waals surface area contributed by atoms with Crippen LogP contribution in [0, 0.1) is 5.25 Å². The van der Waals surface area contributed by atoms with Gasteiger partial charge in [-0.1, -0.05) is 60.7 Å². The topological polar surface area (TPSA) is 34.1 Å². The van der Waals surface area contributed by atoms with Gasteiger partial charge >= 0.3 is 0 Å². The third-order valence-corrected chi connectivity index (χ3v) is 4.03. The molecule has 93 valence electrons. The lowest BCUT2D eigenvalue weighted by Crippen LogP contribution is -2.15. The molecule has 2 rings (SSSR count). The number of rotatable bonds is 4. The van der Waals surface area contributed by atoms with E-state index in [1.807, 2.05) is 60.7 Å². The van der Waals surface area contributed by atoms with Crippen LogP contribution in [0.1, 0.15) is 11.1 Å². The van der Waals surface area contributed by atoms with Crippen molar-refractivity contribution >= 4 is 9.84 Å². The molecule has 18 heavy (non-hydrogen) atoms. The molecule has 0 aliphatic rings. The first-order valence-electron chi connectivity index (χ1n) is 5.72. The van der Waals surface area contributed by atoms with Crippen molar-refractivity contribution in [1.29, 1.82) is 0 Å². The maximum atomic E-state index is 11.9. The van der Waals surface area contributed by atoms with Crippen molar-refractivity contribution in [3.8, 4) is 0 Å². The molecule has 0 spiro atoms. The van der Waals surface area contributed by atoms with Gasteiger partial charge in [0.25, 0.3) is 0 Å². The molecule has 0 amide bonds. The summed E-state index contributed by atoms with van der Waals surface area (Å²) in [5, 5.41) is 0.467. The van der Waals surface area contributed by atoms with Crippen molar-refractivity contribution < 1.29 is 8.42 Å². The Bertz CT molecular complexity index is 589. The van der Waals surface area contributed by atoms with Crippen LogP contribution in [0.15, 0.2) is 60.7 Å². The lowest BCUT2D eigenvalue weighted by Gasteiger charge is -2.14. The maximum Gasteiger partial charge on any atom is 0.159 e. The number of benzene rings is 2. The lowest BCUT2D eigenvalue weighted by atomic mass is 10.0. The molecule has 0 saturated heterocycles. The first-order valence-corrected chi connectivity index (χ1v) is 7.62. The summed E-state index contributed by atoms with van der Waals surface area (Å²) in [5.74, 6) is 0. The van der Waals surface area contributed by atoms with E-state index in [-0.39, 0.29) is 0 Å². The third-order valence-electron chi connectivity index (χ3n) is 2.75. The van der Waals surface area contributed by atoms with E-state index in [0.717, 1.165) is 11.1 Å². The first kappa shape index (κ1) is 12.8. The minimum Gasteiger partial charge on any atom is -0.228 e. The predicted octanol–water partition coefficient (Wildman–Crippen LogP) is 2.85. The Kier molecular flexibility index (Phi) is 3.82. The molecule has 0 unspecified atom stereocenters. The van der Waals surface area contributed by atoms with Gasteiger partial charge in [0.15, 0.2) is 9.84 Å². The van der Waals surface area contributed by atoms with E-state index in [1.54, 1.807) is 0 Å². The molecular weight excluding hydrogens is 244 g/mol. The van der Waals surface area contributed by atoms with Crippen molar-refractivity contribution in [3.05, 3.63) is 77.0 Å². The normalized spacial score (nSPS) is 11.7. The molecule has 0 aliphatic heterocycles. The lowest BCUT2D eigenvalue weighted by molar-refractivity contribution is 0.602. The summed E-state index contributed by atoms with van der Waals surface area (Å²) in [6, 6.07) is 18.9. The van der Waals surface area contributed by atoms with Crippen LogP contribution >= 0.6 is 0 Å². The SMILES string of the molecule is CS(=O)(=O)[C](Cc1ccccc1)c1ccccc1. The van der Waals surface area contributed by atoms with Crippen LogP contribution in [0.25, 0.3) is 0 Å². The molecule has 0 atom stereocenters. The molecule has 2 nitrogen and oxygen atoms in total. The average molecular weight is 259 g/mol. The summed E-state index contributed by atoms with van der Waals surface area (Å²) < 4.78 is 23.8. The summed E-state index contributed by atoms with van der Waals surface area (Å²) in [6.45, 7) is 0. The zero-order valence-electron chi connectivity index (χ0n) is 10.2. The maximum absolute atomic E-state index is 11.9. The van der Waals surface area contributed by atoms with Gasteiger partial charge in [-0.25, -0.2) is 8.42 Å². The largest absolute Gasteiger partial charge is 0.228 e. The fraction of sp³-hybridized carbons (Fsp3) is 0.133. The molecule has 3 heteroatoms. The van der Waals surface area contributed by atoms with Gasteiger partial charge in [0.2, 0.25) is 0 Å². The van der Waals surface area contributed by atoms with Gasteiger partial charge in [-0.2, -0.15) is 0 Å². The minimum absolute atomic E-state index is 0.434. The molecule has 0 fully saturated rings. The quantitative estimate of drug-likeness (QED) is 0.846. The molecule has 0 saturated carbocycles. The Morgan fingerprint density at radius 2 is 1.39 bits per heavy atom. The van der Waals surface area contributed by atoms with E-state index >= 15 is 0 Å².